The SMILES string of the molecule is CCC(CC)n1nc(SC)cc1N. The molecule has 0 atom stereocenters. The predicted octanol–water partition coefficient (Wildman–Crippen LogP) is 2.55. The first-order valence-corrected chi connectivity index (χ1v) is 5.84. The summed E-state index contributed by atoms with van der Waals surface area (Å²) in [5.74, 6) is 0.776. The van der Waals surface area contributed by atoms with Gasteiger partial charge in [0, 0.05) is 6.07 Å². The number of nitrogens with two attached hydrogens (primary N) is 1. The molecule has 1 aromatic heterocycles. The Kier molecular flexibility index (Phi) is 3.66. The number of rotatable bonds is 4. The van der Waals surface area contributed by atoms with E-state index in [1.54, 1.807) is 11.8 Å². The summed E-state index contributed by atoms with van der Waals surface area (Å²) in [7, 11) is 0. The molecule has 0 aromatic carbocycles. The monoisotopic (exact) mass is 199 g/mol. The average molecular weight is 199 g/mol. The number of nitrogens with zero attached hydrogens (tertiary/aromatic N) is 2. The molecule has 13 heavy (non-hydrogen) atoms. The average Bonchev–Trinajstić information content (AvgIpc) is 2.50. The zero-order valence-electron chi connectivity index (χ0n) is 8.45. The molecule has 0 fully saturated rings. The van der Waals surface area contributed by atoms with Gasteiger partial charge >= 0.3 is 0 Å². The molecule has 0 spiro atoms. The minimum absolute atomic E-state index is 0.445. The van der Waals surface area contributed by atoms with Crippen LogP contribution in [0.25, 0.3) is 0 Å². The van der Waals surface area contributed by atoms with Crippen molar-refractivity contribution in [2.24, 2.45) is 0 Å². The molecule has 0 bridgehead atoms. The quantitative estimate of drug-likeness (QED) is 0.758. The van der Waals surface area contributed by atoms with Gasteiger partial charge in [0.25, 0.3) is 0 Å². The molecular weight excluding hydrogens is 182 g/mol. The minimum Gasteiger partial charge on any atom is -0.384 e. The van der Waals surface area contributed by atoms with Gasteiger partial charge in [-0.1, -0.05) is 13.8 Å². The highest BCUT2D eigenvalue weighted by atomic mass is 32.2. The smallest absolute Gasteiger partial charge is 0.123 e. The molecule has 0 saturated heterocycles. The fourth-order valence-electron chi connectivity index (χ4n) is 1.41. The maximum Gasteiger partial charge on any atom is 0.123 e. The van der Waals surface area contributed by atoms with E-state index in [-0.39, 0.29) is 0 Å². The van der Waals surface area contributed by atoms with Crippen LogP contribution in [0.4, 0.5) is 5.82 Å². The Labute approximate surface area is 83.7 Å². The minimum atomic E-state index is 0.445. The lowest BCUT2D eigenvalue weighted by atomic mass is 10.2. The molecule has 0 saturated carbocycles. The maximum absolute atomic E-state index is 5.86. The van der Waals surface area contributed by atoms with E-state index in [1.165, 1.54) is 0 Å². The molecule has 0 unspecified atom stereocenters. The number of hydrogen-bond acceptors (Lipinski definition) is 3. The van der Waals surface area contributed by atoms with Gasteiger partial charge in [0.1, 0.15) is 10.8 Å². The van der Waals surface area contributed by atoms with E-state index >= 15 is 0 Å². The number of nitrogen functional groups attached to an aromatic ring is 1. The predicted molar refractivity (Wildman–Crippen MR) is 58.0 cm³/mol. The van der Waals surface area contributed by atoms with E-state index in [4.69, 9.17) is 5.73 Å². The Bertz CT molecular complexity index is 266. The van der Waals surface area contributed by atoms with Crippen molar-refractivity contribution >= 4 is 17.6 Å². The van der Waals surface area contributed by atoms with Crippen molar-refractivity contribution in [2.45, 2.75) is 37.8 Å². The van der Waals surface area contributed by atoms with Crippen LogP contribution in [-0.2, 0) is 0 Å². The highest BCUT2D eigenvalue weighted by molar-refractivity contribution is 7.98. The first-order valence-electron chi connectivity index (χ1n) is 4.61. The molecule has 0 radical (unpaired) electrons. The van der Waals surface area contributed by atoms with E-state index in [1.807, 2.05) is 17.0 Å². The van der Waals surface area contributed by atoms with Gasteiger partial charge in [-0.25, -0.2) is 4.68 Å². The Morgan fingerprint density at radius 2 is 2.15 bits per heavy atom. The lowest BCUT2D eigenvalue weighted by Crippen LogP contribution is -2.11. The summed E-state index contributed by atoms with van der Waals surface area (Å²) in [6, 6.07) is 2.38. The van der Waals surface area contributed by atoms with Crippen LogP contribution in [0.1, 0.15) is 32.7 Å². The van der Waals surface area contributed by atoms with Crippen LogP contribution in [0.15, 0.2) is 11.1 Å². The molecule has 0 amide bonds. The highest BCUT2D eigenvalue weighted by Gasteiger charge is 2.11. The molecule has 4 heteroatoms. The second kappa shape index (κ2) is 4.56. The summed E-state index contributed by atoms with van der Waals surface area (Å²) >= 11 is 1.63. The van der Waals surface area contributed by atoms with Crippen LogP contribution < -0.4 is 5.73 Å². The third-order valence-corrected chi connectivity index (χ3v) is 2.86. The van der Waals surface area contributed by atoms with Crippen molar-refractivity contribution in [2.75, 3.05) is 12.0 Å². The summed E-state index contributed by atoms with van der Waals surface area (Å²) < 4.78 is 1.94. The fraction of sp³-hybridized carbons (Fsp3) is 0.667. The third kappa shape index (κ3) is 2.18. The summed E-state index contributed by atoms with van der Waals surface area (Å²) in [6.45, 7) is 4.32. The van der Waals surface area contributed by atoms with Crippen LogP contribution >= 0.6 is 11.8 Å². The van der Waals surface area contributed by atoms with Crippen LogP contribution in [-0.4, -0.2) is 16.0 Å². The summed E-state index contributed by atoms with van der Waals surface area (Å²) in [5.41, 5.74) is 5.86. The molecule has 2 N–H and O–H groups in total. The molecule has 1 heterocycles. The third-order valence-electron chi connectivity index (χ3n) is 2.24. The summed E-state index contributed by atoms with van der Waals surface area (Å²) in [4.78, 5) is 0. The number of hydrogen-bond donors (Lipinski definition) is 1. The molecule has 0 aliphatic heterocycles. The van der Waals surface area contributed by atoms with Crippen molar-refractivity contribution in [3.63, 3.8) is 0 Å². The van der Waals surface area contributed by atoms with Gasteiger partial charge in [-0.15, -0.1) is 11.8 Å². The van der Waals surface area contributed by atoms with Crippen molar-refractivity contribution in [1.82, 2.24) is 9.78 Å². The number of aromatic nitrogens is 2. The van der Waals surface area contributed by atoms with Crippen LogP contribution in [0.3, 0.4) is 0 Å². The first-order chi connectivity index (χ1) is 6.22. The van der Waals surface area contributed by atoms with Crippen molar-refractivity contribution in [1.29, 1.82) is 0 Å². The lowest BCUT2D eigenvalue weighted by molar-refractivity contribution is 0.428. The zero-order chi connectivity index (χ0) is 9.84. The molecular formula is C9H17N3S. The molecule has 3 nitrogen and oxygen atoms in total. The Morgan fingerprint density at radius 1 is 1.54 bits per heavy atom. The van der Waals surface area contributed by atoms with E-state index in [9.17, 15) is 0 Å². The second-order valence-electron chi connectivity index (χ2n) is 3.03. The van der Waals surface area contributed by atoms with Crippen LogP contribution in [0.5, 0.6) is 0 Å². The molecule has 0 aliphatic rings. The molecule has 1 rings (SSSR count). The summed E-state index contributed by atoms with van der Waals surface area (Å²) in [5, 5.41) is 5.43. The van der Waals surface area contributed by atoms with Gasteiger partial charge in [-0.05, 0) is 19.1 Å². The molecule has 74 valence electrons. The zero-order valence-corrected chi connectivity index (χ0v) is 9.27. The highest BCUT2D eigenvalue weighted by Crippen LogP contribution is 2.23. The van der Waals surface area contributed by atoms with Gasteiger partial charge in [-0.3, -0.25) is 0 Å². The van der Waals surface area contributed by atoms with E-state index in [2.05, 4.69) is 18.9 Å². The topological polar surface area (TPSA) is 43.8 Å². The van der Waals surface area contributed by atoms with Crippen molar-refractivity contribution in [3.05, 3.63) is 6.07 Å². The van der Waals surface area contributed by atoms with Crippen molar-refractivity contribution in [3.8, 4) is 0 Å². The van der Waals surface area contributed by atoms with Gasteiger partial charge in [0.2, 0.25) is 0 Å². The van der Waals surface area contributed by atoms with Crippen LogP contribution in [0, 0.1) is 0 Å². The first kappa shape index (κ1) is 10.4. The second-order valence-corrected chi connectivity index (χ2v) is 3.85. The van der Waals surface area contributed by atoms with Gasteiger partial charge in [0.15, 0.2) is 0 Å². The molecule has 0 aliphatic carbocycles. The summed E-state index contributed by atoms with van der Waals surface area (Å²) in [6.07, 6.45) is 4.17. The van der Waals surface area contributed by atoms with E-state index in [0.29, 0.717) is 6.04 Å². The Hall–Kier alpha value is -0.640. The van der Waals surface area contributed by atoms with Gasteiger partial charge < -0.3 is 5.73 Å². The normalized spacial score (nSPS) is 11.1. The maximum atomic E-state index is 5.86. The van der Waals surface area contributed by atoms with E-state index < -0.39 is 0 Å². The van der Waals surface area contributed by atoms with E-state index in [0.717, 1.165) is 23.7 Å². The van der Waals surface area contributed by atoms with Gasteiger partial charge in [-0.2, -0.15) is 5.10 Å². The standard InChI is InChI=1S/C9H17N3S/c1-4-7(5-2)12-8(10)6-9(11-12)13-3/h6-7H,4-5,10H2,1-3H3. The fourth-order valence-corrected chi connectivity index (χ4v) is 1.82. The van der Waals surface area contributed by atoms with Gasteiger partial charge in [0.05, 0.1) is 6.04 Å². The Balaban J connectivity index is 2.91. The number of anilines is 1. The lowest BCUT2D eigenvalue weighted by Gasteiger charge is -2.14. The number of thioether (sulfide) groups is 1. The Morgan fingerprint density at radius 3 is 2.54 bits per heavy atom. The van der Waals surface area contributed by atoms with Crippen molar-refractivity contribution < 1.29 is 0 Å². The largest absolute Gasteiger partial charge is 0.384 e. The molecule has 1 aromatic rings. The van der Waals surface area contributed by atoms with Crippen LogP contribution in [0.2, 0.25) is 0 Å².